The van der Waals surface area contributed by atoms with Crippen LogP contribution in [0.5, 0.6) is 0 Å². The smallest absolute Gasteiger partial charge is 0.159 e. The molecule has 2 aromatic rings. The Morgan fingerprint density at radius 3 is 2.47 bits per heavy atom. The first-order valence-corrected chi connectivity index (χ1v) is 6.88. The highest BCUT2D eigenvalue weighted by Gasteiger charge is 2.18. The van der Waals surface area contributed by atoms with Gasteiger partial charge in [0.25, 0.3) is 0 Å². The van der Waals surface area contributed by atoms with Crippen molar-refractivity contribution >= 4 is 0 Å². The van der Waals surface area contributed by atoms with Gasteiger partial charge in [-0.05, 0) is 43.2 Å². The summed E-state index contributed by atoms with van der Waals surface area (Å²) in [6.45, 7) is 0. The molecule has 0 unspecified atom stereocenters. The third-order valence-electron chi connectivity index (χ3n) is 3.96. The predicted molar refractivity (Wildman–Crippen MR) is 71.9 cm³/mol. The second-order valence-corrected chi connectivity index (χ2v) is 5.22. The molecule has 1 aromatic carbocycles. The largest absolute Gasteiger partial charge is 0.344 e. The summed E-state index contributed by atoms with van der Waals surface area (Å²) in [5.74, 6) is -1.58. The summed E-state index contributed by atoms with van der Waals surface area (Å²) in [5.41, 5.74) is 1.72. The van der Waals surface area contributed by atoms with Crippen LogP contribution >= 0.6 is 0 Å². The maximum Gasteiger partial charge on any atom is 0.159 e. The fraction of sp³-hybridized carbons (Fsp3) is 0.375. The van der Waals surface area contributed by atoms with E-state index in [0.717, 1.165) is 11.3 Å². The van der Waals surface area contributed by atoms with E-state index in [4.69, 9.17) is 0 Å². The van der Waals surface area contributed by atoms with Crippen molar-refractivity contribution in [3.05, 3.63) is 48.2 Å². The van der Waals surface area contributed by atoms with E-state index in [2.05, 4.69) is 4.57 Å². The second-order valence-electron chi connectivity index (χ2n) is 5.22. The SMILES string of the molecule is Fc1ccc(-c2cccn2C2CCCCC2)cc1F. The molecular formula is C16H17F2N. The number of halogens is 2. The highest BCUT2D eigenvalue weighted by atomic mass is 19.2. The van der Waals surface area contributed by atoms with Crippen LogP contribution in [0.3, 0.4) is 0 Å². The van der Waals surface area contributed by atoms with Gasteiger partial charge in [0.2, 0.25) is 0 Å². The van der Waals surface area contributed by atoms with Crippen molar-refractivity contribution in [1.29, 1.82) is 0 Å². The standard InChI is InChI=1S/C16H17F2N/c17-14-9-8-12(11-15(14)18)16-7-4-10-19(16)13-5-2-1-3-6-13/h4,7-11,13H,1-3,5-6H2. The Balaban J connectivity index is 1.96. The van der Waals surface area contributed by atoms with E-state index in [0.29, 0.717) is 6.04 Å². The van der Waals surface area contributed by atoms with Gasteiger partial charge in [0.15, 0.2) is 11.6 Å². The number of rotatable bonds is 2. The lowest BCUT2D eigenvalue weighted by Gasteiger charge is -2.25. The number of nitrogens with zero attached hydrogens (tertiary/aromatic N) is 1. The van der Waals surface area contributed by atoms with Gasteiger partial charge in [-0.25, -0.2) is 8.78 Å². The van der Waals surface area contributed by atoms with Gasteiger partial charge in [0.1, 0.15) is 0 Å². The first-order valence-electron chi connectivity index (χ1n) is 6.88. The first kappa shape index (κ1) is 12.4. The minimum atomic E-state index is -0.792. The van der Waals surface area contributed by atoms with Gasteiger partial charge in [0.05, 0.1) is 0 Å². The fourth-order valence-corrected chi connectivity index (χ4v) is 2.97. The third-order valence-corrected chi connectivity index (χ3v) is 3.96. The third kappa shape index (κ3) is 2.42. The minimum absolute atomic E-state index is 0.492. The summed E-state index contributed by atoms with van der Waals surface area (Å²) in [7, 11) is 0. The highest BCUT2D eigenvalue weighted by molar-refractivity contribution is 5.60. The molecular weight excluding hydrogens is 244 g/mol. The minimum Gasteiger partial charge on any atom is -0.344 e. The lowest BCUT2D eigenvalue weighted by molar-refractivity contribution is 0.356. The Morgan fingerprint density at radius 1 is 0.947 bits per heavy atom. The molecule has 3 heteroatoms. The molecule has 1 fully saturated rings. The molecule has 1 heterocycles. The molecule has 0 aliphatic heterocycles. The zero-order valence-electron chi connectivity index (χ0n) is 10.8. The van der Waals surface area contributed by atoms with E-state index in [1.54, 1.807) is 6.07 Å². The van der Waals surface area contributed by atoms with Crippen molar-refractivity contribution in [1.82, 2.24) is 4.57 Å². The summed E-state index contributed by atoms with van der Waals surface area (Å²) in [5, 5.41) is 0. The fourth-order valence-electron chi connectivity index (χ4n) is 2.97. The Bertz CT molecular complexity index is 568. The van der Waals surface area contributed by atoms with Gasteiger partial charge in [-0.1, -0.05) is 19.3 Å². The molecule has 3 rings (SSSR count). The molecule has 0 saturated heterocycles. The van der Waals surface area contributed by atoms with Crippen molar-refractivity contribution in [2.45, 2.75) is 38.1 Å². The van der Waals surface area contributed by atoms with Gasteiger partial charge in [0, 0.05) is 23.5 Å². The molecule has 0 radical (unpaired) electrons. The normalized spacial score (nSPS) is 16.7. The summed E-state index contributed by atoms with van der Waals surface area (Å²) in [6, 6.07) is 8.57. The Hall–Kier alpha value is -1.64. The average Bonchev–Trinajstić information content (AvgIpc) is 2.92. The van der Waals surface area contributed by atoms with Gasteiger partial charge in [-0.2, -0.15) is 0 Å². The highest BCUT2D eigenvalue weighted by Crippen LogP contribution is 2.33. The van der Waals surface area contributed by atoms with E-state index in [1.165, 1.54) is 44.2 Å². The molecule has 1 aliphatic rings. The van der Waals surface area contributed by atoms with E-state index < -0.39 is 11.6 Å². The Morgan fingerprint density at radius 2 is 1.74 bits per heavy atom. The van der Waals surface area contributed by atoms with Crippen molar-refractivity contribution in [2.75, 3.05) is 0 Å². The monoisotopic (exact) mass is 261 g/mol. The molecule has 0 atom stereocenters. The van der Waals surface area contributed by atoms with E-state index >= 15 is 0 Å². The summed E-state index contributed by atoms with van der Waals surface area (Å²) < 4.78 is 28.6. The van der Waals surface area contributed by atoms with E-state index in [-0.39, 0.29) is 0 Å². The van der Waals surface area contributed by atoms with Crippen molar-refractivity contribution in [3.63, 3.8) is 0 Å². The number of hydrogen-bond acceptors (Lipinski definition) is 0. The quantitative estimate of drug-likeness (QED) is 0.721. The van der Waals surface area contributed by atoms with Crippen LogP contribution in [-0.4, -0.2) is 4.57 Å². The summed E-state index contributed by atoms with van der Waals surface area (Å²) in [4.78, 5) is 0. The molecule has 19 heavy (non-hydrogen) atoms. The average molecular weight is 261 g/mol. The van der Waals surface area contributed by atoms with E-state index in [9.17, 15) is 8.78 Å². The molecule has 1 aliphatic carbocycles. The van der Waals surface area contributed by atoms with Gasteiger partial charge >= 0.3 is 0 Å². The van der Waals surface area contributed by atoms with Crippen LogP contribution in [-0.2, 0) is 0 Å². The molecule has 0 N–H and O–H groups in total. The topological polar surface area (TPSA) is 4.93 Å². The van der Waals surface area contributed by atoms with Crippen LogP contribution in [0.1, 0.15) is 38.1 Å². The molecule has 100 valence electrons. The van der Waals surface area contributed by atoms with Crippen LogP contribution in [0.25, 0.3) is 11.3 Å². The van der Waals surface area contributed by atoms with Gasteiger partial charge < -0.3 is 4.57 Å². The van der Waals surface area contributed by atoms with Crippen molar-refractivity contribution in [2.24, 2.45) is 0 Å². The first-order chi connectivity index (χ1) is 9.25. The zero-order chi connectivity index (χ0) is 13.2. The number of hydrogen-bond donors (Lipinski definition) is 0. The predicted octanol–water partition coefficient (Wildman–Crippen LogP) is 4.94. The van der Waals surface area contributed by atoms with Crippen LogP contribution < -0.4 is 0 Å². The molecule has 0 spiro atoms. The molecule has 0 amide bonds. The lowest BCUT2D eigenvalue weighted by Crippen LogP contribution is -2.12. The second kappa shape index (κ2) is 5.16. The molecule has 0 bridgehead atoms. The Labute approximate surface area is 111 Å². The zero-order valence-corrected chi connectivity index (χ0v) is 10.8. The number of aromatic nitrogens is 1. The van der Waals surface area contributed by atoms with Crippen LogP contribution in [0, 0.1) is 11.6 Å². The van der Waals surface area contributed by atoms with E-state index in [1.807, 2.05) is 18.3 Å². The molecule has 1 aromatic heterocycles. The van der Waals surface area contributed by atoms with Crippen molar-refractivity contribution < 1.29 is 8.78 Å². The summed E-state index contributed by atoms with van der Waals surface area (Å²) in [6.07, 6.45) is 8.20. The van der Waals surface area contributed by atoms with Crippen LogP contribution in [0.15, 0.2) is 36.5 Å². The van der Waals surface area contributed by atoms with Gasteiger partial charge in [-0.15, -0.1) is 0 Å². The molecule has 1 nitrogen and oxygen atoms in total. The Kier molecular flexibility index (Phi) is 3.36. The van der Waals surface area contributed by atoms with Crippen LogP contribution in [0.4, 0.5) is 8.78 Å². The maximum absolute atomic E-state index is 13.4. The van der Waals surface area contributed by atoms with Gasteiger partial charge in [-0.3, -0.25) is 0 Å². The summed E-state index contributed by atoms with van der Waals surface area (Å²) >= 11 is 0. The van der Waals surface area contributed by atoms with Crippen LogP contribution in [0.2, 0.25) is 0 Å². The maximum atomic E-state index is 13.4. The molecule has 1 saturated carbocycles. The lowest BCUT2D eigenvalue weighted by atomic mass is 9.95. The van der Waals surface area contributed by atoms with Crippen molar-refractivity contribution in [3.8, 4) is 11.3 Å². The number of benzene rings is 1.